The highest BCUT2D eigenvalue weighted by molar-refractivity contribution is 5.80. The summed E-state index contributed by atoms with van der Waals surface area (Å²) in [6.45, 7) is 4.59. The predicted octanol–water partition coefficient (Wildman–Crippen LogP) is 2.35. The maximum absolute atomic E-state index is 10.2. The molecule has 1 unspecified atom stereocenters. The zero-order valence-corrected chi connectivity index (χ0v) is 16.1. The molecule has 0 spiro atoms. The fourth-order valence-electron chi connectivity index (χ4n) is 3.23. The van der Waals surface area contributed by atoms with Crippen molar-refractivity contribution in [2.75, 3.05) is 33.9 Å². The molecule has 1 aliphatic heterocycles. The van der Waals surface area contributed by atoms with Crippen molar-refractivity contribution in [3.63, 3.8) is 0 Å². The van der Waals surface area contributed by atoms with Crippen molar-refractivity contribution in [2.24, 2.45) is 4.99 Å². The summed E-state index contributed by atoms with van der Waals surface area (Å²) < 4.78 is 16.1. The molecule has 146 valence electrons. The first-order valence-corrected chi connectivity index (χ1v) is 9.14. The van der Waals surface area contributed by atoms with Crippen molar-refractivity contribution in [2.45, 2.75) is 26.0 Å². The molecule has 2 N–H and O–H groups in total. The lowest BCUT2D eigenvalue weighted by Crippen LogP contribution is -2.44. The molecular formula is C20H27N3O4. The molecule has 1 aromatic carbocycles. The first-order chi connectivity index (χ1) is 13.2. The number of ether oxygens (including phenoxy) is 2. The first-order valence-electron chi connectivity index (χ1n) is 9.14. The number of rotatable bonds is 6. The van der Waals surface area contributed by atoms with Gasteiger partial charge in [-0.1, -0.05) is 0 Å². The second-order valence-corrected chi connectivity index (χ2v) is 6.37. The van der Waals surface area contributed by atoms with Crippen LogP contribution in [0, 0.1) is 0 Å². The third kappa shape index (κ3) is 4.36. The Bertz CT molecular complexity index is 774. The van der Waals surface area contributed by atoms with E-state index in [-0.39, 0.29) is 6.54 Å². The van der Waals surface area contributed by atoms with Gasteiger partial charge < -0.3 is 29.2 Å². The van der Waals surface area contributed by atoms with E-state index in [4.69, 9.17) is 13.9 Å². The molecule has 0 saturated carbocycles. The van der Waals surface area contributed by atoms with Gasteiger partial charge in [-0.3, -0.25) is 0 Å². The second-order valence-electron chi connectivity index (χ2n) is 6.37. The zero-order valence-electron chi connectivity index (χ0n) is 16.1. The Labute approximate surface area is 159 Å². The molecule has 7 nitrogen and oxygen atoms in total. The maximum atomic E-state index is 10.2. The van der Waals surface area contributed by atoms with Gasteiger partial charge in [0.25, 0.3) is 0 Å². The van der Waals surface area contributed by atoms with E-state index >= 15 is 0 Å². The standard InChI is InChI=1S/C20H27N3O4/c1-4-21-20(22-12-16(24)17-6-5-9-27-17)23-8-7-14-10-18(25-2)19(26-3)11-15(14)13-23/h5-6,9-11,16,24H,4,7-8,12-13H2,1-3H3,(H,21,22). The number of aliphatic imine (C=N–C) groups is 1. The highest BCUT2D eigenvalue weighted by atomic mass is 16.5. The SMILES string of the molecule is CCNC(=NCC(O)c1ccco1)N1CCc2cc(OC)c(OC)cc2C1. The molecule has 0 saturated heterocycles. The lowest BCUT2D eigenvalue weighted by molar-refractivity contribution is 0.158. The molecule has 2 heterocycles. The number of nitrogens with one attached hydrogen (secondary N) is 1. The van der Waals surface area contributed by atoms with E-state index in [1.165, 1.54) is 11.1 Å². The third-order valence-corrected chi connectivity index (χ3v) is 4.64. The summed E-state index contributed by atoms with van der Waals surface area (Å²) in [5.74, 6) is 2.79. The Kier molecular flexibility index (Phi) is 6.24. The number of hydrogen-bond acceptors (Lipinski definition) is 5. The number of aliphatic hydroxyl groups is 1. The monoisotopic (exact) mass is 373 g/mol. The van der Waals surface area contributed by atoms with Crippen LogP contribution in [0.3, 0.4) is 0 Å². The number of fused-ring (bicyclic) bond motifs is 1. The summed E-state index contributed by atoms with van der Waals surface area (Å²) in [6.07, 6.45) is 1.69. The molecule has 3 rings (SSSR count). The molecule has 1 aromatic heterocycles. The van der Waals surface area contributed by atoms with Gasteiger partial charge in [0.05, 0.1) is 27.0 Å². The van der Waals surface area contributed by atoms with Crippen molar-refractivity contribution in [1.82, 2.24) is 10.2 Å². The van der Waals surface area contributed by atoms with E-state index in [1.807, 2.05) is 13.0 Å². The summed E-state index contributed by atoms with van der Waals surface area (Å²) in [5.41, 5.74) is 2.45. The fraction of sp³-hybridized carbons (Fsp3) is 0.450. The van der Waals surface area contributed by atoms with Gasteiger partial charge >= 0.3 is 0 Å². The highest BCUT2D eigenvalue weighted by Crippen LogP contribution is 2.33. The van der Waals surface area contributed by atoms with Gasteiger partial charge in [-0.15, -0.1) is 0 Å². The lowest BCUT2D eigenvalue weighted by Gasteiger charge is -2.32. The van der Waals surface area contributed by atoms with E-state index in [0.29, 0.717) is 5.76 Å². The van der Waals surface area contributed by atoms with Crippen molar-refractivity contribution < 1.29 is 19.0 Å². The van der Waals surface area contributed by atoms with Crippen molar-refractivity contribution >= 4 is 5.96 Å². The minimum Gasteiger partial charge on any atom is -0.493 e. The summed E-state index contributed by atoms with van der Waals surface area (Å²) in [5, 5.41) is 13.5. The summed E-state index contributed by atoms with van der Waals surface area (Å²) in [6, 6.07) is 7.60. The van der Waals surface area contributed by atoms with Crippen LogP contribution in [-0.4, -0.2) is 49.8 Å². The largest absolute Gasteiger partial charge is 0.493 e. The van der Waals surface area contributed by atoms with E-state index < -0.39 is 6.10 Å². The second kappa shape index (κ2) is 8.81. The number of aliphatic hydroxyl groups excluding tert-OH is 1. The average Bonchev–Trinajstić information content (AvgIpc) is 3.24. The van der Waals surface area contributed by atoms with Gasteiger partial charge in [0.2, 0.25) is 0 Å². The van der Waals surface area contributed by atoms with Crippen molar-refractivity contribution in [3.8, 4) is 11.5 Å². The van der Waals surface area contributed by atoms with Crippen molar-refractivity contribution in [3.05, 3.63) is 47.4 Å². The van der Waals surface area contributed by atoms with Crippen LogP contribution in [0.25, 0.3) is 0 Å². The number of furan rings is 1. The Morgan fingerprint density at radius 3 is 2.67 bits per heavy atom. The molecule has 27 heavy (non-hydrogen) atoms. The van der Waals surface area contributed by atoms with E-state index in [0.717, 1.165) is 43.5 Å². The van der Waals surface area contributed by atoms with Crippen LogP contribution in [0.4, 0.5) is 0 Å². The van der Waals surface area contributed by atoms with Gasteiger partial charge in [-0.25, -0.2) is 4.99 Å². The fourth-order valence-corrected chi connectivity index (χ4v) is 3.23. The third-order valence-electron chi connectivity index (χ3n) is 4.64. The normalized spacial score (nSPS) is 15.3. The molecule has 2 aromatic rings. The summed E-state index contributed by atoms with van der Waals surface area (Å²) >= 11 is 0. The van der Waals surface area contributed by atoms with Crippen LogP contribution in [0.2, 0.25) is 0 Å². The summed E-state index contributed by atoms with van der Waals surface area (Å²) in [7, 11) is 3.30. The lowest BCUT2D eigenvalue weighted by atomic mass is 9.99. The van der Waals surface area contributed by atoms with E-state index in [1.54, 1.807) is 32.6 Å². The zero-order chi connectivity index (χ0) is 19.2. The molecular weight excluding hydrogens is 346 g/mol. The van der Waals surface area contributed by atoms with Crippen molar-refractivity contribution in [1.29, 1.82) is 0 Å². The van der Waals surface area contributed by atoms with Crippen LogP contribution in [0.15, 0.2) is 39.9 Å². The Morgan fingerprint density at radius 1 is 1.30 bits per heavy atom. The number of nitrogens with zero attached hydrogens (tertiary/aromatic N) is 2. The highest BCUT2D eigenvalue weighted by Gasteiger charge is 2.22. The van der Waals surface area contributed by atoms with E-state index in [9.17, 15) is 5.11 Å². The number of methoxy groups -OCH3 is 2. The molecule has 7 heteroatoms. The van der Waals surface area contributed by atoms with Crippen LogP contribution in [0.1, 0.15) is 29.9 Å². The van der Waals surface area contributed by atoms with Crippen LogP contribution >= 0.6 is 0 Å². The maximum Gasteiger partial charge on any atom is 0.194 e. The molecule has 0 radical (unpaired) electrons. The Hall–Kier alpha value is -2.67. The molecule has 1 atom stereocenters. The number of hydrogen-bond donors (Lipinski definition) is 2. The topological polar surface area (TPSA) is 79.5 Å². The average molecular weight is 373 g/mol. The molecule has 0 aliphatic carbocycles. The van der Waals surface area contributed by atoms with Gasteiger partial charge in [0.15, 0.2) is 17.5 Å². The van der Waals surface area contributed by atoms with Gasteiger partial charge in [0, 0.05) is 19.6 Å². The minimum atomic E-state index is -0.755. The predicted molar refractivity (Wildman–Crippen MR) is 103 cm³/mol. The minimum absolute atomic E-state index is 0.241. The number of benzene rings is 1. The van der Waals surface area contributed by atoms with Crippen LogP contribution in [0.5, 0.6) is 11.5 Å². The number of guanidine groups is 1. The summed E-state index contributed by atoms with van der Waals surface area (Å²) in [4.78, 5) is 6.79. The molecule has 0 amide bonds. The molecule has 0 fully saturated rings. The molecule has 0 bridgehead atoms. The van der Waals surface area contributed by atoms with Crippen LogP contribution in [-0.2, 0) is 13.0 Å². The molecule has 1 aliphatic rings. The smallest absolute Gasteiger partial charge is 0.194 e. The first kappa shape index (κ1) is 19.1. The van der Waals surface area contributed by atoms with Gasteiger partial charge in [-0.05, 0) is 48.7 Å². The Balaban J connectivity index is 1.76. The Morgan fingerprint density at radius 2 is 2.04 bits per heavy atom. The van der Waals surface area contributed by atoms with E-state index in [2.05, 4.69) is 21.3 Å². The van der Waals surface area contributed by atoms with Gasteiger partial charge in [-0.2, -0.15) is 0 Å². The van der Waals surface area contributed by atoms with Gasteiger partial charge in [0.1, 0.15) is 11.9 Å². The quantitative estimate of drug-likeness (QED) is 0.598. The van der Waals surface area contributed by atoms with Crippen LogP contribution < -0.4 is 14.8 Å².